The van der Waals surface area contributed by atoms with Crippen molar-refractivity contribution in [3.63, 3.8) is 0 Å². The van der Waals surface area contributed by atoms with Gasteiger partial charge in [0.2, 0.25) is 17.6 Å². The average molecular weight is 513 g/mol. The van der Waals surface area contributed by atoms with Crippen LogP contribution in [0.3, 0.4) is 0 Å². The number of aromatic nitrogens is 2. The van der Waals surface area contributed by atoms with Gasteiger partial charge in [0.15, 0.2) is 0 Å². The van der Waals surface area contributed by atoms with Crippen LogP contribution in [0.2, 0.25) is 0 Å². The van der Waals surface area contributed by atoms with Crippen LogP contribution in [0.1, 0.15) is 36.0 Å². The van der Waals surface area contributed by atoms with Gasteiger partial charge in [-0.3, -0.25) is 9.69 Å². The van der Waals surface area contributed by atoms with E-state index in [1.165, 1.54) is 0 Å². The molecule has 0 unspecified atom stereocenters. The lowest BCUT2D eigenvalue weighted by Crippen LogP contribution is -2.37. The monoisotopic (exact) mass is 512 g/mol. The van der Waals surface area contributed by atoms with Crippen molar-refractivity contribution in [2.45, 2.75) is 26.3 Å². The van der Waals surface area contributed by atoms with E-state index >= 15 is 0 Å². The van der Waals surface area contributed by atoms with Crippen LogP contribution in [0, 0.1) is 5.92 Å². The van der Waals surface area contributed by atoms with Gasteiger partial charge in [0.05, 0.1) is 18.7 Å². The Balaban J connectivity index is 1.28. The SMILES string of the molecule is CCOC(=O)c1cccc(NC(=O)C2CCN(Cc3nc(-c4cccc(Br)c4)no3)CC2)c1. The highest BCUT2D eigenvalue weighted by atomic mass is 79.9. The second-order valence-electron chi connectivity index (χ2n) is 7.86. The summed E-state index contributed by atoms with van der Waals surface area (Å²) in [7, 11) is 0. The van der Waals surface area contributed by atoms with Crippen molar-refractivity contribution in [1.29, 1.82) is 0 Å². The summed E-state index contributed by atoms with van der Waals surface area (Å²) < 4.78 is 11.4. The van der Waals surface area contributed by atoms with Crippen LogP contribution in [0.25, 0.3) is 11.4 Å². The first-order valence-corrected chi connectivity index (χ1v) is 11.7. The van der Waals surface area contributed by atoms with E-state index in [0.717, 1.165) is 36.0 Å². The van der Waals surface area contributed by atoms with Crippen molar-refractivity contribution in [3.8, 4) is 11.4 Å². The number of hydrogen-bond acceptors (Lipinski definition) is 7. The zero-order valence-corrected chi connectivity index (χ0v) is 19.9. The lowest BCUT2D eigenvalue weighted by atomic mass is 9.95. The van der Waals surface area contributed by atoms with Gasteiger partial charge in [0.1, 0.15) is 0 Å². The molecule has 33 heavy (non-hydrogen) atoms. The maximum absolute atomic E-state index is 12.7. The molecule has 0 bridgehead atoms. The number of likely N-dealkylation sites (tertiary alicyclic amines) is 1. The summed E-state index contributed by atoms with van der Waals surface area (Å²) in [5.41, 5.74) is 1.91. The molecule has 0 aliphatic carbocycles. The number of halogens is 1. The minimum absolute atomic E-state index is 0.0367. The van der Waals surface area contributed by atoms with Crippen LogP contribution >= 0.6 is 15.9 Å². The highest BCUT2D eigenvalue weighted by molar-refractivity contribution is 9.10. The molecular weight excluding hydrogens is 488 g/mol. The number of nitrogens with zero attached hydrogens (tertiary/aromatic N) is 3. The van der Waals surface area contributed by atoms with Crippen LogP contribution in [-0.2, 0) is 16.1 Å². The second kappa shape index (κ2) is 10.7. The number of carbonyl (C=O) groups is 2. The van der Waals surface area contributed by atoms with Crippen molar-refractivity contribution in [2.24, 2.45) is 5.92 Å². The summed E-state index contributed by atoms with van der Waals surface area (Å²) in [4.78, 5) is 31.4. The zero-order valence-electron chi connectivity index (χ0n) is 18.3. The van der Waals surface area contributed by atoms with Gasteiger partial charge in [-0.15, -0.1) is 0 Å². The Bertz CT molecular complexity index is 1120. The molecule has 4 rings (SSSR count). The minimum Gasteiger partial charge on any atom is -0.462 e. The van der Waals surface area contributed by atoms with Crippen molar-refractivity contribution in [2.75, 3.05) is 25.0 Å². The highest BCUT2D eigenvalue weighted by Crippen LogP contribution is 2.23. The Morgan fingerprint density at radius 3 is 2.73 bits per heavy atom. The molecular formula is C24H25BrN4O4. The quantitative estimate of drug-likeness (QED) is 0.464. The smallest absolute Gasteiger partial charge is 0.338 e. The van der Waals surface area contributed by atoms with Gasteiger partial charge in [-0.2, -0.15) is 4.98 Å². The van der Waals surface area contributed by atoms with Crippen LogP contribution in [-0.4, -0.2) is 46.6 Å². The summed E-state index contributed by atoms with van der Waals surface area (Å²) in [6.45, 7) is 4.14. The lowest BCUT2D eigenvalue weighted by molar-refractivity contribution is -0.121. The first kappa shape index (κ1) is 23.1. The number of anilines is 1. The van der Waals surface area contributed by atoms with Crippen LogP contribution in [0.5, 0.6) is 0 Å². The second-order valence-corrected chi connectivity index (χ2v) is 8.78. The summed E-state index contributed by atoms with van der Waals surface area (Å²) in [5, 5.41) is 7.01. The van der Waals surface area contributed by atoms with E-state index in [1.54, 1.807) is 31.2 Å². The van der Waals surface area contributed by atoms with Crippen molar-refractivity contribution < 1.29 is 18.8 Å². The summed E-state index contributed by atoms with van der Waals surface area (Å²) in [5.74, 6) is 0.595. The van der Waals surface area contributed by atoms with E-state index in [4.69, 9.17) is 9.26 Å². The molecule has 3 aromatic rings. The van der Waals surface area contributed by atoms with E-state index in [-0.39, 0.29) is 11.8 Å². The molecule has 9 heteroatoms. The Morgan fingerprint density at radius 1 is 1.18 bits per heavy atom. The third-order valence-corrected chi connectivity index (χ3v) is 6.00. The van der Waals surface area contributed by atoms with E-state index in [1.807, 2.05) is 24.3 Å². The number of piperidine rings is 1. The first-order valence-electron chi connectivity index (χ1n) is 10.9. The zero-order chi connectivity index (χ0) is 23.2. The Morgan fingerprint density at radius 2 is 1.97 bits per heavy atom. The maximum atomic E-state index is 12.7. The lowest BCUT2D eigenvalue weighted by Gasteiger charge is -2.30. The predicted octanol–water partition coefficient (Wildman–Crippen LogP) is 4.53. The number of hydrogen-bond donors (Lipinski definition) is 1. The maximum Gasteiger partial charge on any atom is 0.338 e. The molecule has 8 nitrogen and oxygen atoms in total. The Hall–Kier alpha value is -3.04. The number of nitrogens with one attached hydrogen (secondary N) is 1. The summed E-state index contributed by atoms with van der Waals surface area (Å²) >= 11 is 3.45. The van der Waals surface area contributed by atoms with Gasteiger partial charge < -0.3 is 14.6 Å². The fourth-order valence-corrected chi connectivity index (χ4v) is 4.19. The fraction of sp³-hybridized carbons (Fsp3) is 0.333. The van der Waals surface area contributed by atoms with Gasteiger partial charge >= 0.3 is 5.97 Å². The molecule has 1 N–H and O–H groups in total. The van der Waals surface area contributed by atoms with Gasteiger partial charge in [-0.1, -0.05) is 39.3 Å². The van der Waals surface area contributed by atoms with Crippen LogP contribution in [0.15, 0.2) is 57.5 Å². The van der Waals surface area contributed by atoms with E-state index in [9.17, 15) is 9.59 Å². The number of amides is 1. The highest BCUT2D eigenvalue weighted by Gasteiger charge is 2.26. The molecule has 172 valence electrons. The molecule has 0 saturated carbocycles. The molecule has 2 aromatic carbocycles. The molecule has 0 atom stereocenters. The first-order chi connectivity index (χ1) is 16.0. The number of carbonyl (C=O) groups excluding carboxylic acids is 2. The Kier molecular flexibility index (Phi) is 7.51. The van der Waals surface area contributed by atoms with E-state index in [2.05, 4.69) is 36.3 Å². The number of benzene rings is 2. The molecule has 1 saturated heterocycles. The van der Waals surface area contributed by atoms with Crippen molar-refractivity contribution in [1.82, 2.24) is 15.0 Å². The predicted molar refractivity (Wildman–Crippen MR) is 126 cm³/mol. The Labute approximate surface area is 200 Å². The van der Waals surface area contributed by atoms with Gasteiger partial charge in [0, 0.05) is 21.6 Å². The largest absolute Gasteiger partial charge is 0.462 e. The van der Waals surface area contributed by atoms with Gasteiger partial charge in [-0.05, 0) is 63.2 Å². The minimum atomic E-state index is -0.397. The average Bonchev–Trinajstić information content (AvgIpc) is 3.28. The molecule has 1 fully saturated rings. The molecule has 1 aliphatic heterocycles. The topological polar surface area (TPSA) is 97.6 Å². The molecule has 0 spiro atoms. The molecule has 2 heterocycles. The summed E-state index contributed by atoms with van der Waals surface area (Å²) in [6.07, 6.45) is 1.46. The fourth-order valence-electron chi connectivity index (χ4n) is 3.79. The standard InChI is InChI=1S/C24H25BrN4O4/c1-2-32-24(31)18-6-4-8-20(14-18)26-23(30)16-9-11-29(12-10-16)15-21-27-22(28-33-21)17-5-3-7-19(25)13-17/h3-8,13-14,16H,2,9-12,15H2,1H3,(H,26,30). The van der Waals surface area contributed by atoms with Gasteiger partial charge in [-0.25, -0.2) is 4.79 Å². The number of rotatable bonds is 7. The van der Waals surface area contributed by atoms with E-state index < -0.39 is 5.97 Å². The van der Waals surface area contributed by atoms with Crippen LogP contribution in [0.4, 0.5) is 5.69 Å². The molecule has 1 aliphatic rings. The number of ether oxygens (including phenoxy) is 1. The van der Waals surface area contributed by atoms with Crippen molar-refractivity contribution >= 4 is 33.5 Å². The third kappa shape index (κ3) is 6.06. The van der Waals surface area contributed by atoms with Crippen molar-refractivity contribution in [3.05, 3.63) is 64.5 Å². The molecule has 1 aromatic heterocycles. The summed E-state index contributed by atoms with van der Waals surface area (Å²) in [6, 6.07) is 14.6. The van der Waals surface area contributed by atoms with Crippen LogP contribution < -0.4 is 5.32 Å². The number of esters is 1. The van der Waals surface area contributed by atoms with Gasteiger partial charge in [0.25, 0.3) is 0 Å². The van der Waals surface area contributed by atoms with E-state index in [0.29, 0.717) is 36.1 Å². The molecule has 0 radical (unpaired) electrons. The molecule has 1 amide bonds. The normalized spacial score (nSPS) is 14.7. The third-order valence-electron chi connectivity index (χ3n) is 5.51.